The van der Waals surface area contributed by atoms with Crippen LogP contribution < -0.4 is 10.6 Å². The largest absolute Gasteiger partial charge is 0.481 e. The number of carbonyl (C=O) groups is 3. The molecule has 4 atom stereocenters. The van der Waals surface area contributed by atoms with Gasteiger partial charge < -0.3 is 25.2 Å². The molecule has 5 rings (SSSR count). The van der Waals surface area contributed by atoms with E-state index in [-0.39, 0.29) is 42.7 Å². The number of carbonyl (C=O) groups excluding carboxylic acids is 2. The molecular formula is C26H28N2O6. The summed E-state index contributed by atoms with van der Waals surface area (Å²) in [6.07, 6.45) is 0.0720. The van der Waals surface area contributed by atoms with Gasteiger partial charge >= 0.3 is 12.1 Å². The van der Waals surface area contributed by atoms with Crippen molar-refractivity contribution in [3.05, 3.63) is 59.7 Å². The molecule has 1 heterocycles. The molecule has 3 N–H and O–H groups in total. The molecule has 0 spiro atoms. The molecule has 2 aromatic rings. The van der Waals surface area contributed by atoms with E-state index in [9.17, 15) is 14.4 Å². The summed E-state index contributed by atoms with van der Waals surface area (Å²) in [6.45, 7) is 1.28. The van der Waals surface area contributed by atoms with Gasteiger partial charge in [-0.1, -0.05) is 48.5 Å². The number of nitrogens with one attached hydrogen (secondary N) is 2. The summed E-state index contributed by atoms with van der Waals surface area (Å²) in [5, 5.41) is 14.6. The number of alkyl carbamates (subject to hydrolysis) is 1. The molecule has 1 aliphatic heterocycles. The number of hydrogen-bond donors (Lipinski definition) is 3. The fourth-order valence-corrected chi connectivity index (χ4v) is 5.10. The van der Waals surface area contributed by atoms with E-state index in [4.69, 9.17) is 14.6 Å². The van der Waals surface area contributed by atoms with E-state index in [0.29, 0.717) is 26.0 Å². The van der Waals surface area contributed by atoms with Gasteiger partial charge in [-0.15, -0.1) is 0 Å². The molecule has 178 valence electrons. The van der Waals surface area contributed by atoms with Crippen molar-refractivity contribution in [2.45, 2.75) is 24.9 Å². The third kappa shape index (κ3) is 4.50. The molecule has 8 nitrogen and oxygen atoms in total. The van der Waals surface area contributed by atoms with Crippen LogP contribution in [0.1, 0.15) is 29.9 Å². The Morgan fingerprint density at radius 1 is 0.941 bits per heavy atom. The third-order valence-corrected chi connectivity index (χ3v) is 7.10. The molecule has 0 bridgehead atoms. The molecule has 8 heteroatoms. The van der Waals surface area contributed by atoms with Gasteiger partial charge in [-0.2, -0.15) is 0 Å². The maximum atomic E-state index is 12.5. The molecule has 2 unspecified atom stereocenters. The highest BCUT2D eigenvalue weighted by Gasteiger charge is 2.44. The minimum Gasteiger partial charge on any atom is -0.481 e. The highest BCUT2D eigenvalue weighted by molar-refractivity contribution is 5.82. The van der Waals surface area contributed by atoms with Crippen LogP contribution in [0.2, 0.25) is 0 Å². The van der Waals surface area contributed by atoms with Crippen LogP contribution in [0.15, 0.2) is 48.5 Å². The Morgan fingerprint density at radius 2 is 1.59 bits per heavy atom. The molecule has 34 heavy (non-hydrogen) atoms. The zero-order valence-electron chi connectivity index (χ0n) is 18.7. The lowest BCUT2D eigenvalue weighted by molar-refractivity contribution is -0.139. The fourth-order valence-electron chi connectivity index (χ4n) is 5.10. The average Bonchev–Trinajstić information content (AvgIpc) is 3.36. The molecule has 3 aliphatic rings. The zero-order chi connectivity index (χ0) is 23.7. The van der Waals surface area contributed by atoms with Gasteiger partial charge in [-0.25, -0.2) is 4.79 Å². The second-order valence-corrected chi connectivity index (χ2v) is 9.23. The standard InChI is InChI=1S/C26H28N2O6/c29-24(27-13-16-11-21(16)25(30)31)23-15(9-10-33-23)12-28-26(32)34-14-22-19-7-3-1-5-17(19)18-6-2-4-8-20(18)22/h1-8,15-16,21-23H,9-14H2,(H,27,29)(H,28,32)(H,30,31)/t15?,16-,21-,23?/m1/s1. The Labute approximate surface area is 197 Å². The van der Waals surface area contributed by atoms with E-state index in [0.717, 1.165) is 11.1 Å². The third-order valence-electron chi connectivity index (χ3n) is 7.10. The molecule has 0 aromatic heterocycles. The van der Waals surface area contributed by atoms with Crippen molar-refractivity contribution in [3.8, 4) is 11.1 Å². The van der Waals surface area contributed by atoms with Gasteiger partial charge in [0.1, 0.15) is 12.7 Å². The molecule has 1 saturated heterocycles. The van der Waals surface area contributed by atoms with Crippen molar-refractivity contribution in [3.63, 3.8) is 0 Å². The van der Waals surface area contributed by atoms with Gasteiger partial charge in [0.25, 0.3) is 0 Å². The van der Waals surface area contributed by atoms with Crippen LogP contribution in [0.5, 0.6) is 0 Å². The fraction of sp³-hybridized carbons (Fsp3) is 0.423. The second kappa shape index (κ2) is 9.46. The number of carboxylic acid groups (broad SMARTS) is 1. The van der Waals surface area contributed by atoms with Crippen molar-refractivity contribution in [2.24, 2.45) is 17.8 Å². The van der Waals surface area contributed by atoms with Gasteiger partial charge in [0.15, 0.2) is 0 Å². The molecule has 0 radical (unpaired) electrons. The molecule has 2 fully saturated rings. The van der Waals surface area contributed by atoms with Crippen LogP contribution in [0.3, 0.4) is 0 Å². The number of aliphatic carboxylic acids is 1. The first-order valence-electron chi connectivity index (χ1n) is 11.7. The van der Waals surface area contributed by atoms with Crippen LogP contribution in [0, 0.1) is 17.8 Å². The summed E-state index contributed by atoms with van der Waals surface area (Å²) in [4.78, 5) is 35.9. The molecular weight excluding hydrogens is 436 g/mol. The minimum atomic E-state index is -0.818. The van der Waals surface area contributed by atoms with Crippen molar-refractivity contribution >= 4 is 18.0 Å². The maximum absolute atomic E-state index is 12.5. The van der Waals surface area contributed by atoms with E-state index >= 15 is 0 Å². The lowest BCUT2D eigenvalue weighted by atomic mass is 9.98. The zero-order valence-corrected chi connectivity index (χ0v) is 18.7. The predicted octanol–water partition coefficient (Wildman–Crippen LogP) is 2.77. The highest BCUT2D eigenvalue weighted by Crippen LogP contribution is 2.44. The lowest BCUT2D eigenvalue weighted by Gasteiger charge is -2.19. The molecule has 2 aliphatic carbocycles. The highest BCUT2D eigenvalue weighted by atomic mass is 16.5. The second-order valence-electron chi connectivity index (χ2n) is 9.23. The number of amides is 2. The summed E-state index contributed by atoms with van der Waals surface area (Å²) in [5.41, 5.74) is 4.64. The van der Waals surface area contributed by atoms with Gasteiger partial charge in [0.05, 0.1) is 5.92 Å². The van der Waals surface area contributed by atoms with E-state index < -0.39 is 18.2 Å². The Balaban J connectivity index is 1.10. The summed E-state index contributed by atoms with van der Waals surface area (Å²) in [5.74, 6) is -1.62. The molecule has 1 saturated carbocycles. The Morgan fingerprint density at radius 3 is 2.24 bits per heavy atom. The summed E-state index contributed by atoms with van der Waals surface area (Å²) in [7, 11) is 0. The smallest absolute Gasteiger partial charge is 0.407 e. The van der Waals surface area contributed by atoms with Crippen molar-refractivity contribution in [2.75, 3.05) is 26.3 Å². The van der Waals surface area contributed by atoms with Gasteiger partial charge in [0.2, 0.25) is 5.91 Å². The van der Waals surface area contributed by atoms with Crippen LogP contribution in [-0.4, -0.2) is 55.5 Å². The first-order valence-corrected chi connectivity index (χ1v) is 11.7. The van der Waals surface area contributed by atoms with E-state index in [1.807, 2.05) is 24.3 Å². The Hall–Kier alpha value is -3.39. The van der Waals surface area contributed by atoms with E-state index in [2.05, 4.69) is 34.9 Å². The number of rotatable bonds is 8. The summed E-state index contributed by atoms with van der Waals surface area (Å²) >= 11 is 0. The van der Waals surface area contributed by atoms with Gasteiger partial charge in [0, 0.05) is 31.5 Å². The van der Waals surface area contributed by atoms with Crippen molar-refractivity contribution < 1.29 is 29.0 Å². The van der Waals surface area contributed by atoms with Crippen LogP contribution >= 0.6 is 0 Å². The van der Waals surface area contributed by atoms with E-state index in [1.165, 1.54) is 11.1 Å². The van der Waals surface area contributed by atoms with E-state index in [1.54, 1.807) is 0 Å². The van der Waals surface area contributed by atoms with Gasteiger partial charge in [-0.3, -0.25) is 9.59 Å². The number of benzene rings is 2. The maximum Gasteiger partial charge on any atom is 0.407 e. The first kappa shape index (κ1) is 22.4. The quantitative estimate of drug-likeness (QED) is 0.554. The first-order chi connectivity index (χ1) is 16.5. The molecule has 2 amide bonds. The number of carboxylic acids is 1. The normalized spacial score (nSPS) is 24.7. The summed E-state index contributed by atoms with van der Waals surface area (Å²) < 4.78 is 11.2. The van der Waals surface area contributed by atoms with Crippen molar-refractivity contribution in [1.29, 1.82) is 0 Å². The Bertz CT molecular complexity index is 1060. The van der Waals surface area contributed by atoms with Crippen LogP contribution in [0.25, 0.3) is 11.1 Å². The molecule has 2 aromatic carbocycles. The average molecular weight is 465 g/mol. The topological polar surface area (TPSA) is 114 Å². The number of fused-ring (bicyclic) bond motifs is 3. The Kier molecular flexibility index (Phi) is 6.24. The van der Waals surface area contributed by atoms with Crippen molar-refractivity contribution in [1.82, 2.24) is 10.6 Å². The number of ether oxygens (including phenoxy) is 2. The minimum absolute atomic E-state index is 0.0106. The van der Waals surface area contributed by atoms with Gasteiger partial charge in [-0.05, 0) is 41.0 Å². The van der Waals surface area contributed by atoms with Crippen LogP contribution in [0.4, 0.5) is 4.79 Å². The summed E-state index contributed by atoms with van der Waals surface area (Å²) in [6, 6.07) is 16.3. The predicted molar refractivity (Wildman–Crippen MR) is 123 cm³/mol. The van der Waals surface area contributed by atoms with Crippen LogP contribution in [-0.2, 0) is 19.1 Å². The monoisotopic (exact) mass is 464 g/mol. The number of hydrogen-bond acceptors (Lipinski definition) is 5. The lowest BCUT2D eigenvalue weighted by Crippen LogP contribution is -2.43. The SMILES string of the molecule is O=C(NCC1CCOC1C(=O)NC[C@H]1C[C@H]1C(=O)O)OCC1c2ccccc2-c2ccccc21.